The number of rotatable bonds is 4. The van der Waals surface area contributed by atoms with E-state index in [1.54, 1.807) is 6.20 Å². The molecule has 0 fully saturated rings. The Labute approximate surface area is 104 Å². The number of hydrogen-bond donors (Lipinski definition) is 3. The second-order valence-corrected chi connectivity index (χ2v) is 4.97. The van der Waals surface area contributed by atoms with Crippen LogP contribution < -0.4 is 11.1 Å². The van der Waals surface area contributed by atoms with Crippen molar-refractivity contribution in [2.75, 3.05) is 17.7 Å². The summed E-state index contributed by atoms with van der Waals surface area (Å²) in [6.45, 7) is 6.10. The minimum Gasteiger partial charge on any atom is -0.397 e. The van der Waals surface area contributed by atoms with Crippen molar-refractivity contribution in [2.24, 2.45) is 5.92 Å². The summed E-state index contributed by atoms with van der Waals surface area (Å²) in [5, 5.41) is 12.4. The van der Waals surface area contributed by atoms with Crippen LogP contribution in [-0.4, -0.2) is 22.7 Å². The van der Waals surface area contributed by atoms with Gasteiger partial charge in [-0.2, -0.15) is 0 Å². The van der Waals surface area contributed by atoms with Gasteiger partial charge in [0.15, 0.2) is 0 Å². The van der Waals surface area contributed by atoms with E-state index in [1.807, 2.05) is 20.8 Å². The molecule has 0 bridgehead atoms. The van der Waals surface area contributed by atoms with Gasteiger partial charge in [-0.05, 0) is 34.3 Å². The topological polar surface area (TPSA) is 71.2 Å². The minimum absolute atomic E-state index is 0.00757. The van der Waals surface area contributed by atoms with Crippen LogP contribution in [0.3, 0.4) is 0 Å². The largest absolute Gasteiger partial charge is 0.397 e. The zero-order valence-corrected chi connectivity index (χ0v) is 11.4. The average Bonchev–Trinajstić information content (AvgIpc) is 2.25. The molecule has 1 rings (SSSR count). The molecule has 0 aliphatic heterocycles. The molecule has 90 valence electrons. The molecule has 1 aromatic rings. The second kappa shape index (κ2) is 5.50. The van der Waals surface area contributed by atoms with Gasteiger partial charge >= 0.3 is 0 Å². The summed E-state index contributed by atoms with van der Waals surface area (Å²) >= 11 is 3.45. The molecule has 16 heavy (non-hydrogen) atoms. The van der Waals surface area contributed by atoms with Gasteiger partial charge in [0.05, 0.1) is 29.0 Å². The molecule has 0 spiro atoms. The summed E-state index contributed by atoms with van der Waals surface area (Å²) in [6, 6.07) is -0.00757. The molecule has 0 saturated carbocycles. The number of nitrogens with two attached hydrogens (primary N) is 1. The number of anilines is 2. The van der Waals surface area contributed by atoms with Crippen LogP contribution in [0, 0.1) is 12.8 Å². The quantitative estimate of drug-likeness (QED) is 0.794. The van der Waals surface area contributed by atoms with Crippen molar-refractivity contribution >= 4 is 27.4 Å². The monoisotopic (exact) mass is 287 g/mol. The van der Waals surface area contributed by atoms with Crippen molar-refractivity contribution in [3.05, 3.63) is 16.2 Å². The number of halogens is 1. The van der Waals surface area contributed by atoms with Gasteiger partial charge in [-0.15, -0.1) is 0 Å². The first kappa shape index (κ1) is 13.3. The van der Waals surface area contributed by atoms with Gasteiger partial charge < -0.3 is 16.2 Å². The molecule has 0 aromatic carbocycles. The maximum atomic E-state index is 9.24. The van der Waals surface area contributed by atoms with Gasteiger partial charge in [-0.3, -0.25) is 0 Å². The van der Waals surface area contributed by atoms with Crippen molar-refractivity contribution in [1.82, 2.24) is 4.98 Å². The second-order valence-electron chi connectivity index (χ2n) is 4.18. The number of aromatic nitrogens is 1. The Bertz CT molecular complexity index is 368. The standard InChI is InChI=1S/C11H18BrN3O/c1-6(2)9(5-16)15-11-10(12)7(3)8(13)4-14-11/h4,6,9,16H,5,13H2,1-3H3,(H,14,15). The SMILES string of the molecule is Cc1c(N)cnc(NC(CO)C(C)C)c1Br. The van der Waals surface area contributed by atoms with Crippen LogP contribution in [0.15, 0.2) is 10.7 Å². The predicted octanol–water partition coefficient (Wildman–Crippen LogP) is 2.16. The number of hydrogen-bond acceptors (Lipinski definition) is 4. The number of nitrogens with zero attached hydrogens (tertiary/aromatic N) is 1. The Morgan fingerprint density at radius 3 is 2.69 bits per heavy atom. The van der Waals surface area contributed by atoms with Gasteiger partial charge in [-0.25, -0.2) is 4.98 Å². The molecule has 0 saturated heterocycles. The smallest absolute Gasteiger partial charge is 0.141 e. The highest BCUT2D eigenvalue weighted by molar-refractivity contribution is 9.10. The summed E-state index contributed by atoms with van der Waals surface area (Å²) < 4.78 is 0.853. The van der Waals surface area contributed by atoms with Crippen LogP contribution in [0.2, 0.25) is 0 Å². The molecular weight excluding hydrogens is 270 g/mol. The van der Waals surface area contributed by atoms with Crippen molar-refractivity contribution in [3.63, 3.8) is 0 Å². The Hall–Kier alpha value is -0.810. The van der Waals surface area contributed by atoms with Crippen molar-refractivity contribution in [2.45, 2.75) is 26.8 Å². The van der Waals surface area contributed by atoms with Gasteiger partial charge in [0.1, 0.15) is 5.82 Å². The lowest BCUT2D eigenvalue weighted by molar-refractivity contribution is 0.249. The fraction of sp³-hybridized carbons (Fsp3) is 0.545. The van der Waals surface area contributed by atoms with E-state index in [0.717, 1.165) is 15.9 Å². The molecule has 0 amide bonds. The number of aliphatic hydroxyl groups excluding tert-OH is 1. The number of pyridine rings is 1. The minimum atomic E-state index is -0.00757. The highest BCUT2D eigenvalue weighted by Crippen LogP contribution is 2.28. The lowest BCUT2D eigenvalue weighted by Crippen LogP contribution is -2.30. The third-order valence-electron chi connectivity index (χ3n) is 2.63. The molecule has 4 nitrogen and oxygen atoms in total. The molecule has 1 unspecified atom stereocenters. The Kier molecular flexibility index (Phi) is 4.56. The van der Waals surface area contributed by atoms with Crippen molar-refractivity contribution in [3.8, 4) is 0 Å². The predicted molar refractivity (Wildman–Crippen MR) is 70.4 cm³/mol. The van der Waals surface area contributed by atoms with Crippen LogP contribution in [0.25, 0.3) is 0 Å². The van der Waals surface area contributed by atoms with E-state index in [2.05, 4.69) is 26.2 Å². The molecule has 5 heteroatoms. The van der Waals surface area contributed by atoms with Crippen molar-refractivity contribution in [1.29, 1.82) is 0 Å². The summed E-state index contributed by atoms with van der Waals surface area (Å²) in [6.07, 6.45) is 1.62. The summed E-state index contributed by atoms with van der Waals surface area (Å²) in [4.78, 5) is 4.21. The lowest BCUT2D eigenvalue weighted by Gasteiger charge is -2.21. The normalized spacial score (nSPS) is 12.9. The molecule has 1 aromatic heterocycles. The van der Waals surface area contributed by atoms with Crippen LogP contribution in [0.5, 0.6) is 0 Å². The molecule has 0 radical (unpaired) electrons. The van der Waals surface area contributed by atoms with Gasteiger partial charge in [-0.1, -0.05) is 13.8 Å². The summed E-state index contributed by atoms with van der Waals surface area (Å²) in [5.74, 6) is 1.05. The molecule has 0 aliphatic carbocycles. The fourth-order valence-corrected chi connectivity index (χ4v) is 1.74. The Morgan fingerprint density at radius 1 is 1.56 bits per heavy atom. The van der Waals surface area contributed by atoms with E-state index < -0.39 is 0 Å². The number of aliphatic hydroxyl groups is 1. The zero-order valence-electron chi connectivity index (χ0n) is 9.79. The third kappa shape index (κ3) is 2.86. The Morgan fingerprint density at radius 2 is 2.19 bits per heavy atom. The van der Waals surface area contributed by atoms with E-state index >= 15 is 0 Å². The maximum Gasteiger partial charge on any atom is 0.141 e. The number of nitrogen functional groups attached to an aromatic ring is 1. The highest BCUT2D eigenvalue weighted by atomic mass is 79.9. The highest BCUT2D eigenvalue weighted by Gasteiger charge is 2.15. The number of nitrogens with one attached hydrogen (secondary N) is 1. The van der Waals surface area contributed by atoms with E-state index in [4.69, 9.17) is 5.73 Å². The lowest BCUT2D eigenvalue weighted by atomic mass is 10.1. The van der Waals surface area contributed by atoms with Crippen LogP contribution in [0.4, 0.5) is 11.5 Å². The average molecular weight is 288 g/mol. The Balaban J connectivity index is 2.93. The van der Waals surface area contributed by atoms with Crippen LogP contribution in [0.1, 0.15) is 19.4 Å². The van der Waals surface area contributed by atoms with Gasteiger partial charge in [0.2, 0.25) is 0 Å². The molecular formula is C11H18BrN3O. The summed E-state index contributed by atoms with van der Waals surface area (Å²) in [7, 11) is 0. The zero-order chi connectivity index (χ0) is 12.3. The van der Waals surface area contributed by atoms with Gasteiger partial charge in [0.25, 0.3) is 0 Å². The molecule has 1 heterocycles. The van der Waals surface area contributed by atoms with E-state index in [9.17, 15) is 5.11 Å². The fourth-order valence-electron chi connectivity index (χ4n) is 1.29. The van der Waals surface area contributed by atoms with E-state index in [1.165, 1.54) is 0 Å². The first-order chi connectivity index (χ1) is 7.47. The van der Waals surface area contributed by atoms with E-state index in [-0.39, 0.29) is 12.6 Å². The van der Waals surface area contributed by atoms with E-state index in [0.29, 0.717) is 11.6 Å². The van der Waals surface area contributed by atoms with Crippen LogP contribution in [-0.2, 0) is 0 Å². The molecule has 0 aliphatic rings. The molecule has 4 N–H and O–H groups in total. The third-order valence-corrected chi connectivity index (χ3v) is 3.60. The molecule has 1 atom stereocenters. The van der Waals surface area contributed by atoms with Crippen LogP contribution >= 0.6 is 15.9 Å². The van der Waals surface area contributed by atoms with Gasteiger partial charge in [0, 0.05) is 0 Å². The first-order valence-electron chi connectivity index (χ1n) is 5.25. The first-order valence-corrected chi connectivity index (χ1v) is 6.04. The maximum absolute atomic E-state index is 9.24. The summed E-state index contributed by atoms with van der Waals surface area (Å²) in [5.41, 5.74) is 7.35. The van der Waals surface area contributed by atoms with Crippen molar-refractivity contribution < 1.29 is 5.11 Å².